The lowest BCUT2D eigenvalue weighted by Gasteiger charge is -2.31. The average molecular weight is 453 g/mol. The maximum atomic E-state index is 8.86. The summed E-state index contributed by atoms with van der Waals surface area (Å²) in [6, 6.07) is 15.9. The van der Waals surface area contributed by atoms with Crippen molar-refractivity contribution in [3.8, 4) is 17.2 Å². The molecule has 0 saturated carbocycles. The molecule has 2 aromatic rings. The lowest BCUT2D eigenvalue weighted by atomic mass is 10.0. The number of hydrogen-bond donors (Lipinski definition) is 0. The zero-order valence-electron chi connectivity index (χ0n) is 20.2. The molecule has 168 valence electrons. The maximum Gasteiger partial charge on any atom is 0.173 e. The van der Waals surface area contributed by atoms with Gasteiger partial charge in [0, 0.05) is 11.8 Å². The van der Waals surface area contributed by atoms with E-state index >= 15 is 0 Å². The van der Waals surface area contributed by atoms with E-state index in [1.807, 2.05) is 6.07 Å². The molecular weight excluding hydrogens is 412 g/mol. The lowest BCUT2D eigenvalue weighted by molar-refractivity contribution is 0.534. The van der Waals surface area contributed by atoms with E-state index in [-0.39, 0.29) is 0 Å². The van der Waals surface area contributed by atoms with Gasteiger partial charge >= 0.3 is 0 Å². The molecule has 5 heteroatoms. The number of unbranched alkanes of at least 4 members (excludes halogenated alkanes) is 6. The largest absolute Gasteiger partial charge is 0.456 e. The standard InChI is InChI=1S/C26H40N2OSi2/c1-30(2,3)29-31(4,5)20-12-10-8-6-7-9-11-13-23-14-16-24(17-15-23)25-18-19-26(21-27)28-22-25/h14-19,22H,6-13,20H2,1-5H3. The molecule has 1 aromatic carbocycles. The number of rotatable bonds is 13. The fraction of sp³-hybridized carbons (Fsp3) is 0.538. The second kappa shape index (κ2) is 12.3. The molecule has 1 aromatic heterocycles. The van der Waals surface area contributed by atoms with Crippen molar-refractivity contribution in [2.24, 2.45) is 0 Å². The first-order valence-electron chi connectivity index (χ1n) is 11.8. The maximum absolute atomic E-state index is 8.86. The van der Waals surface area contributed by atoms with Gasteiger partial charge in [0.15, 0.2) is 16.6 Å². The molecule has 0 radical (unpaired) electrons. The highest BCUT2D eigenvalue weighted by molar-refractivity contribution is 6.84. The molecular formula is C26H40N2OSi2. The van der Waals surface area contributed by atoms with Gasteiger partial charge in [-0.15, -0.1) is 0 Å². The topological polar surface area (TPSA) is 45.9 Å². The van der Waals surface area contributed by atoms with E-state index in [9.17, 15) is 0 Å². The second-order valence-electron chi connectivity index (χ2n) is 10.2. The Hall–Kier alpha value is -1.75. The van der Waals surface area contributed by atoms with Crippen molar-refractivity contribution in [3.63, 3.8) is 0 Å². The van der Waals surface area contributed by atoms with E-state index in [4.69, 9.17) is 9.38 Å². The van der Waals surface area contributed by atoms with Crippen LogP contribution in [0.2, 0.25) is 38.8 Å². The van der Waals surface area contributed by atoms with E-state index in [1.165, 1.54) is 56.6 Å². The van der Waals surface area contributed by atoms with Crippen LogP contribution in [0.25, 0.3) is 11.1 Å². The minimum absolute atomic E-state index is 0.460. The summed E-state index contributed by atoms with van der Waals surface area (Å²) in [6.07, 6.45) is 12.3. The molecule has 0 aliphatic rings. The fourth-order valence-electron chi connectivity index (χ4n) is 4.14. The molecule has 0 bridgehead atoms. The van der Waals surface area contributed by atoms with Gasteiger partial charge in [-0.25, -0.2) is 4.98 Å². The van der Waals surface area contributed by atoms with E-state index in [1.54, 1.807) is 12.3 Å². The van der Waals surface area contributed by atoms with Crippen LogP contribution >= 0.6 is 0 Å². The van der Waals surface area contributed by atoms with Crippen LogP contribution in [0, 0.1) is 11.3 Å². The van der Waals surface area contributed by atoms with E-state index < -0.39 is 16.6 Å². The quantitative estimate of drug-likeness (QED) is 0.229. The lowest BCUT2D eigenvalue weighted by Crippen LogP contribution is -2.42. The van der Waals surface area contributed by atoms with Gasteiger partial charge in [0.2, 0.25) is 0 Å². The monoisotopic (exact) mass is 452 g/mol. The third kappa shape index (κ3) is 10.4. The Morgan fingerprint density at radius 3 is 1.90 bits per heavy atom. The Bertz CT molecular complexity index is 818. The first-order chi connectivity index (χ1) is 14.7. The summed E-state index contributed by atoms with van der Waals surface area (Å²) in [5, 5.41) is 8.86. The average Bonchev–Trinajstić information content (AvgIpc) is 2.71. The van der Waals surface area contributed by atoms with Gasteiger partial charge in [-0.05, 0) is 74.9 Å². The Morgan fingerprint density at radius 2 is 1.35 bits per heavy atom. The summed E-state index contributed by atoms with van der Waals surface area (Å²) in [6.45, 7) is 11.7. The van der Waals surface area contributed by atoms with Crippen molar-refractivity contribution in [2.45, 2.75) is 90.1 Å². The Kier molecular flexibility index (Phi) is 10.1. The molecule has 0 fully saturated rings. The normalized spacial score (nSPS) is 12.0. The molecule has 0 atom stereocenters. The number of pyridine rings is 1. The van der Waals surface area contributed by atoms with Gasteiger partial charge in [-0.1, -0.05) is 62.8 Å². The van der Waals surface area contributed by atoms with Crippen molar-refractivity contribution in [1.82, 2.24) is 4.98 Å². The number of nitrogens with zero attached hydrogens (tertiary/aromatic N) is 2. The van der Waals surface area contributed by atoms with Crippen LogP contribution in [0.1, 0.15) is 56.2 Å². The molecule has 0 N–H and O–H groups in total. The first kappa shape index (κ1) is 25.5. The Balaban J connectivity index is 1.56. The predicted molar refractivity (Wildman–Crippen MR) is 137 cm³/mol. The summed E-state index contributed by atoms with van der Waals surface area (Å²) < 4.78 is 6.43. The van der Waals surface area contributed by atoms with E-state index in [2.05, 4.69) is 68.1 Å². The van der Waals surface area contributed by atoms with Crippen molar-refractivity contribution in [2.75, 3.05) is 0 Å². The van der Waals surface area contributed by atoms with E-state index in [0.29, 0.717) is 5.69 Å². The highest BCUT2D eigenvalue weighted by Crippen LogP contribution is 2.22. The van der Waals surface area contributed by atoms with Crippen LogP contribution in [-0.4, -0.2) is 21.6 Å². The third-order valence-corrected chi connectivity index (χ3v) is 11.7. The zero-order valence-corrected chi connectivity index (χ0v) is 22.2. The molecule has 0 amide bonds. The van der Waals surface area contributed by atoms with Gasteiger partial charge in [-0.3, -0.25) is 0 Å². The van der Waals surface area contributed by atoms with Gasteiger partial charge in [-0.2, -0.15) is 5.26 Å². The fourth-order valence-corrected chi connectivity index (χ4v) is 12.3. The molecule has 0 aliphatic carbocycles. The first-order valence-corrected chi connectivity index (χ1v) is 18.4. The minimum Gasteiger partial charge on any atom is -0.456 e. The van der Waals surface area contributed by atoms with Crippen molar-refractivity contribution >= 4 is 16.6 Å². The van der Waals surface area contributed by atoms with Gasteiger partial charge in [0.25, 0.3) is 0 Å². The number of nitriles is 1. The highest BCUT2D eigenvalue weighted by atomic mass is 28.4. The van der Waals surface area contributed by atoms with Crippen molar-refractivity contribution in [1.29, 1.82) is 5.26 Å². The predicted octanol–water partition coefficient (Wildman–Crippen LogP) is 7.95. The van der Waals surface area contributed by atoms with Crippen molar-refractivity contribution in [3.05, 3.63) is 53.9 Å². The molecule has 3 nitrogen and oxygen atoms in total. The molecule has 2 rings (SSSR count). The molecule has 31 heavy (non-hydrogen) atoms. The van der Waals surface area contributed by atoms with E-state index in [0.717, 1.165) is 17.5 Å². The van der Waals surface area contributed by atoms with Crippen LogP contribution < -0.4 is 0 Å². The molecule has 1 heterocycles. The van der Waals surface area contributed by atoms with Crippen LogP contribution in [0.3, 0.4) is 0 Å². The van der Waals surface area contributed by atoms with Crippen LogP contribution in [0.15, 0.2) is 42.6 Å². The van der Waals surface area contributed by atoms with Crippen LogP contribution in [0.5, 0.6) is 0 Å². The Labute approximate surface area is 192 Å². The molecule has 0 unspecified atom stereocenters. The van der Waals surface area contributed by atoms with Gasteiger partial charge in [0.05, 0.1) is 0 Å². The van der Waals surface area contributed by atoms with Crippen LogP contribution in [-0.2, 0) is 10.5 Å². The summed E-state index contributed by atoms with van der Waals surface area (Å²) in [5.74, 6) is 0. The SMILES string of the molecule is C[Si](C)(C)O[Si](C)(C)CCCCCCCCCc1ccc(-c2ccc(C#N)nc2)cc1. The van der Waals surface area contributed by atoms with Gasteiger partial charge in [0.1, 0.15) is 11.8 Å². The molecule has 0 spiro atoms. The zero-order chi connectivity index (χ0) is 22.7. The number of aromatic nitrogens is 1. The van der Waals surface area contributed by atoms with Crippen LogP contribution in [0.4, 0.5) is 0 Å². The third-order valence-electron chi connectivity index (χ3n) is 5.49. The Morgan fingerprint density at radius 1 is 0.774 bits per heavy atom. The summed E-state index contributed by atoms with van der Waals surface area (Å²) in [5.41, 5.74) is 4.08. The summed E-state index contributed by atoms with van der Waals surface area (Å²) in [7, 11) is -2.83. The van der Waals surface area contributed by atoms with Crippen molar-refractivity contribution < 1.29 is 4.12 Å². The number of benzene rings is 1. The smallest absolute Gasteiger partial charge is 0.173 e. The summed E-state index contributed by atoms with van der Waals surface area (Å²) >= 11 is 0. The second-order valence-corrected chi connectivity index (χ2v) is 19.3. The van der Waals surface area contributed by atoms with Gasteiger partial charge < -0.3 is 4.12 Å². The number of hydrogen-bond acceptors (Lipinski definition) is 3. The molecule has 0 saturated heterocycles. The minimum atomic E-state index is -1.44. The summed E-state index contributed by atoms with van der Waals surface area (Å²) in [4.78, 5) is 4.15. The molecule has 0 aliphatic heterocycles. The highest BCUT2D eigenvalue weighted by Gasteiger charge is 2.28. The number of aryl methyl sites for hydroxylation is 1.